The molecule has 3 N–H and O–H groups in total. The first kappa shape index (κ1) is 14.3. The number of carbonyl (C=O) groups excluding carboxylic acids is 1. The third kappa shape index (κ3) is 3.74. The average molecular weight is 320 g/mol. The first-order valence-electron chi connectivity index (χ1n) is 6.78. The van der Waals surface area contributed by atoms with Crippen molar-refractivity contribution in [1.29, 1.82) is 0 Å². The quantitative estimate of drug-likeness (QED) is 0.841. The number of nitrogens with one attached hydrogen (secondary N) is 1. The minimum atomic E-state index is 0.0400. The second kappa shape index (κ2) is 6.44. The Morgan fingerprint density at radius 1 is 1.38 bits per heavy atom. The smallest absolute Gasteiger partial charge is 0.230 e. The number of benzene rings is 1. The van der Waals surface area contributed by atoms with Gasteiger partial charge in [0, 0.05) is 6.04 Å². The zero-order valence-electron chi connectivity index (χ0n) is 11.4. The first-order chi connectivity index (χ1) is 10.2. The molecule has 0 aliphatic heterocycles. The summed E-state index contributed by atoms with van der Waals surface area (Å²) in [6.45, 7) is 0. The number of thioether (sulfide) groups is 1. The van der Waals surface area contributed by atoms with Crippen LogP contribution >= 0.6 is 23.1 Å². The van der Waals surface area contributed by atoms with Crippen LogP contribution in [0.15, 0.2) is 28.6 Å². The van der Waals surface area contributed by atoms with Crippen molar-refractivity contribution in [3.63, 3.8) is 0 Å². The second-order valence-corrected chi connectivity index (χ2v) is 7.20. The number of aryl methyl sites for hydroxylation is 1. The maximum atomic E-state index is 12.0. The summed E-state index contributed by atoms with van der Waals surface area (Å²) in [5.41, 5.74) is 8.26. The summed E-state index contributed by atoms with van der Waals surface area (Å²) in [7, 11) is 0. The van der Waals surface area contributed by atoms with Gasteiger partial charge in [0.2, 0.25) is 11.0 Å². The number of amides is 1. The fourth-order valence-corrected chi connectivity index (χ4v) is 3.94. The molecule has 1 atom stereocenters. The van der Waals surface area contributed by atoms with Gasteiger partial charge in [0.05, 0.1) is 5.75 Å². The summed E-state index contributed by atoms with van der Waals surface area (Å²) in [5.74, 6) is 0.394. The van der Waals surface area contributed by atoms with Crippen LogP contribution in [0.3, 0.4) is 0 Å². The van der Waals surface area contributed by atoms with Crippen LogP contribution in [0.2, 0.25) is 0 Å². The number of carbonyl (C=O) groups is 1. The fourth-order valence-electron chi connectivity index (χ4n) is 2.50. The van der Waals surface area contributed by atoms with E-state index in [2.05, 4.69) is 39.8 Å². The lowest BCUT2D eigenvalue weighted by Crippen LogP contribution is -2.39. The number of nitrogens with zero attached hydrogens (tertiary/aromatic N) is 2. The summed E-state index contributed by atoms with van der Waals surface area (Å²) >= 11 is 2.68. The maximum absolute atomic E-state index is 12.0. The van der Waals surface area contributed by atoms with Gasteiger partial charge in [0.1, 0.15) is 0 Å². The van der Waals surface area contributed by atoms with Gasteiger partial charge < -0.3 is 11.1 Å². The molecule has 0 unspecified atom stereocenters. The van der Waals surface area contributed by atoms with Crippen LogP contribution in [0.1, 0.15) is 17.5 Å². The highest BCUT2D eigenvalue weighted by Crippen LogP contribution is 2.24. The van der Waals surface area contributed by atoms with E-state index in [-0.39, 0.29) is 11.9 Å². The summed E-state index contributed by atoms with van der Waals surface area (Å²) in [5, 5.41) is 11.2. The molecule has 0 radical (unpaired) electrons. The van der Waals surface area contributed by atoms with Crippen molar-refractivity contribution < 1.29 is 4.79 Å². The van der Waals surface area contributed by atoms with Crippen molar-refractivity contribution in [2.45, 2.75) is 29.6 Å². The Balaban J connectivity index is 1.50. The number of nitrogen functional groups attached to an aromatic ring is 1. The Labute approximate surface area is 131 Å². The van der Waals surface area contributed by atoms with Gasteiger partial charge in [0.15, 0.2) is 4.34 Å². The number of fused-ring (bicyclic) bond motifs is 1. The fraction of sp³-hybridized carbons (Fsp3) is 0.357. The maximum Gasteiger partial charge on any atom is 0.230 e. The van der Waals surface area contributed by atoms with E-state index >= 15 is 0 Å². The van der Waals surface area contributed by atoms with Gasteiger partial charge in [-0.1, -0.05) is 47.4 Å². The number of rotatable bonds is 4. The number of anilines is 1. The van der Waals surface area contributed by atoms with Crippen LogP contribution in [-0.4, -0.2) is 27.9 Å². The van der Waals surface area contributed by atoms with Gasteiger partial charge in [-0.2, -0.15) is 0 Å². The molecule has 1 aromatic carbocycles. The number of nitrogens with two attached hydrogens (primary N) is 1. The van der Waals surface area contributed by atoms with Crippen LogP contribution in [0.25, 0.3) is 0 Å². The molecule has 0 spiro atoms. The molecular weight excluding hydrogens is 304 g/mol. The lowest BCUT2D eigenvalue weighted by atomic mass is 9.88. The van der Waals surface area contributed by atoms with Crippen molar-refractivity contribution in [3.8, 4) is 0 Å². The van der Waals surface area contributed by atoms with Crippen LogP contribution < -0.4 is 11.1 Å². The molecule has 1 aliphatic carbocycles. The normalized spacial score (nSPS) is 17.2. The van der Waals surface area contributed by atoms with E-state index in [0.717, 1.165) is 23.6 Å². The Hall–Kier alpha value is -1.60. The van der Waals surface area contributed by atoms with Gasteiger partial charge in [-0.05, 0) is 30.4 Å². The highest BCUT2D eigenvalue weighted by atomic mass is 32.2. The van der Waals surface area contributed by atoms with E-state index in [0.29, 0.717) is 10.9 Å². The molecule has 1 aliphatic rings. The van der Waals surface area contributed by atoms with E-state index < -0.39 is 0 Å². The van der Waals surface area contributed by atoms with Gasteiger partial charge in [-0.15, -0.1) is 10.2 Å². The summed E-state index contributed by atoms with van der Waals surface area (Å²) in [6, 6.07) is 8.67. The largest absolute Gasteiger partial charge is 0.374 e. The van der Waals surface area contributed by atoms with E-state index in [1.807, 2.05) is 0 Å². The minimum absolute atomic E-state index is 0.0400. The lowest BCUT2D eigenvalue weighted by Gasteiger charge is -2.25. The minimum Gasteiger partial charge on any atom is -0.374 e. The van der Waals surface area contributed by atoms with Crippen molar-refractivity contribution in [1.82, 2.24) is 15.5 Å². The molecule has 0 bridgehead atoms. The van der Waals surface area contributed by atoms with E-state index in [1.54, 1.807) is 0 Å². The molecule has 0 saturated heterocycles. The van der Waals surface area contributed by atoms with E-state index in [4.69, 9.17) is 5.73 Å². The standard InChI is InChI=1S/C14H16N4OS2/c15-13-17-18-14(21-13)20-8-12(19)16-11-6-5-9-3-1-2-4-10(9)7-11/h1-4,11H,5-8H2,(H2,15,17)(H,16,19)/t11-/m0/s1. The molecule has 21 heavy (non-hydrogen) atoms. The average Bonchev–Trinajstić information content (AvgIpc) is 2.91. The Kier molecular flexibility index (Phi) is 4.40. The van der Waals surface area contributed by atoms with E-state index in [9.17, 15) is 4.79 Å². The van der Waals surface area contributed by atoms with Crippen molar-refractivity contribution in [2.24, 2.45) is 0 Å². The molecule has 3 rings (SSSR count). The molecule has 1 amide bonds. The van der Waals surface area contributed by atoms with Crippen LogP contribution in [0.5, 0.6) is 0 Å². The zero-order chi connectivity index (χ0) is 14.7. The van der Waals surface area contributed by atoms with E-state index in [1.165, 1.54) is 34.2 Å². The third-order valence-electron chi connectivity index (χ3n) is 3.46. The van der Waals surface area contributed by atoms with Crippen LogP contribution in [-0.2, 0) is 17.6 Å². The Morgan fingerprint density at radius 3 is 2.95 bits per heavy atom. The van der Waals surface area contributed by atoms with Gasteiger partial charge in [-0.3, -0.25) is 4.79 Å². The lowest BCUT2D eigenvalue weighted by molar-refractivity contribution is -0.119. The number of aromatic nitrogens is 2. The van der Waals surface area contributed by atoms with Crippen molar-refractivity contribution in [2.75, 3.05) is 11.5 Å². The third-order valence-corrected chi connectivity index (χ3v) is 5.35. The predicted molar refractivity (Wildman–Crippen MR) is 85.4 cm³/mol. The van der Waals surface area contributed by atoms with Crippen LogP contribution in [0, 0.1) is 0 Å². The van der Waals surface area contributed by atoms with Crippen molar-refractivity contribution >= 4 is 34.1 Å². The summed E-state index contributed by atoms with van der Waals surface area (Å²) in [6.07, 6.45) is 2.94. The SMILES string of the molecule is Nc1nnc(SCC(=O)N[C@H]2CCc3ccccc3C2)s1. The van der Waals surface area contributed by atoms with Crippen molar-refractivity contribution in [3.05, 3.63) is 35.4 Å². The molecule has 1 heterocycles. The molecule has 2 aromatic rings. The molecule has 1 aromatic heterocycles. The zero-order valence-corrected chi connectivity index (χ0v) is 13.0. The highest BCUT2D eigenvalue weighted by molar-refractivity contribution is 8.01. The first-order valence-corrected chi connectivity index (χ1v) is 8.59. The highest BCUT2D eigenvalue weighted by Gasteiger charge is 2.19. The number of hydrogen-bond acceptors (Lipinski definition) is 6. The molecule has 0 saturated carbocycles. The molecule has 110 valence electrons. The van der Waals surface area contributed by atoms with Gasteiger partial charge in [-0.25, -0.2) is 0 Å². The Morgan fingerprint density at radius 2 is 2.19 bits per heavy atom. The van der Waals surface area contributed by atoms with Crippen LogP contribution in [0.4, 0.5) is 5.13 Å². The second-order valence-electron chi connectivity index (χ2n) is 4.97. The van der Waals surface area contributed by atoms with Gasteiger partial charge >= 0.3 is 0 Å². The predicted octanol–water partition coefficient (Wildman–Crippen LogP) is 1.89. The molecule has 5 nitrogen and oxygen atoms in total. The topological polar surface area (TPSA) is 80.9 Å². The molecular formula is C14H16N4OS2. The van der Waals surface area contributed by atoms with Gasteiger partial charge in [0.25, 0.3) is 0 Å². The molecule has 0 fully saturated rings. The Bertz CT molecular complexity index is 643. The monoisotopic (exact) mass is 320 g/mol. The summed E-state index contributed by atoms with van der Waals surface area (Å²) < 4.78 is 0.733. The summed E-state index contributed by atoms with van der Waals surface area (Å²) in [4.78, 5) is 12.0. The number of hydrogen-bond donors (Lipinski definition) is 2. The molecule has 7 heteroatoms.